The molecule has 2 rings (SSSR count). The highest BCUT2D eigenvalue weighted by molar-refractivity contribution is 5.67. The monoisotopic (exact) mass is 240 g/mol. The van der Waals surface area contributed by atoms with E-state index in [9.17, 15) is 4.79 Å². The Labute approximate surface area is 103 Å². The molecule has 0 aromatic carbocycles. The smallest absolute Gasteiger partial charge is 0.424 e. The molecule has 0 heterocycles. The Morgan fingerprint density at radius 1 is 0.941 bits per heavy atom. The van der Waals surface area contributed by atoms with E-state index in [0.717, 1.165) is 25.7 Å². The van der Waals surface area contributed by atoms with Crippen molar-refractivity contribution < 1.29 is 9.53 Å². The van der Waals surface area contributed by atoms with Gasteiger partial charge >= 0.3 is 6.09 Å². The third kappa shape index (κ3) is 3.60. The maximum Gasteiger partial charge on any atom is 0.424 e. The summed E-state index contributed by atoms with van der Waals surface area (Å²) >= 11 is 0. The third-order valence-corrected chi connectivity index (χ3v) is 4.00. The summed E-state index contributed by atoms with van der Waals surface area (Å²) in [6.45, 7) is 0. The first-order chi connectivity index (χ1) is 8.27. The molecule has 0 saturated heterocycles. The Kier molecular flexibility index (Phi) is 4.66. The van der Waals surface area contributed by atoms with Crippen molar-refractivity contribution in [3.63, 3.8) is 0 Å². The van der Waals surface area contributed by atoms with Gasteiger partial charge in [0, 0.05) is 0 Å². The molecule has 98 valence electrons. The normalized spacial score (nSPS) is 23.4. The zero-order chi connectivity index (χ0) is 12.1. The van der Waals surface area contributed by atoms with Gasteiger partial charge in [-0.3, -0.25) is 0 Å². The molecule has 0 unspecified atom stereocenters. The summed E-state index contributed by atoms with van der Waals surface area (Å²) in [4.78, 5) is 11.9. The van der Waals surface area contributed by atoms with Gasteiger partial charge in [-0.1, -0.05) is 25.7 Å². The molecule has 2 fully saturated rings. The fourth-order valence-corrected chi connectivity index (χ4v) is 2.89. The number of hydrogen-bond donors (Lipinski definition) is 1. The van der Waals surface area contributed by atoms with Crippen molar-refractivity contribution in [1.82, 2.24) is 5.01 Å². The minimum Gasteiger partial charge on any atom is -0.445 e. The van der Waals surface area contributed by atoms with E-state index in [-0.39, 0.29) is 18.2 Å². The molecule has 4 nitrogen and oxygen atoms in total. The number of amides is 1. The lowest BCUT2D eigenvalue weighted by Gasteiger charge is -2.31. The Morgan fingerprint density at radius 3 is 2.06 bits per heavy atom. The molecular formula is C13H24N2O2. The van der Waals surface area contributed by atoms with Crippen LogP contribution in [0.15, 0.2) is 0 Å². The van der Waals surface area contributed by atoms with Crippen LogP contribution in [-0.2, 0) is 4.74 Å². The van der Waals surface area contributed by atoms with Gasteiger partial charge in [0.25, 0.3) is 0 Å². The molecule has 1 amide bonds. The summed E-state index contributed by atoms with van der Waals surface area (Å²) in [7, 11) is 0. The summed E-state index contributed by atoms with van der Waals surface area (Å²) in [6, 6.07) is 0.194. The Hall–Kier alpha value is -0.770. The molecule has 2 saturated carbocycles. The van der Waals surface area contributed by atoms with Crippen LogP contribution in [0.1, 0.15) is 64.2 Å². The van der Waals surface area contributed by atoms with E-state index in [1.54, 1.807) is 0 Å². The van der Waals surface area contributed by atoms with Crippen LogP contribution in [0.3, 0.4) is 0 Å². The first-order valence-electron chi connectivity index (χ1n) is 7.02. The average molecular weight is 240 g/mol. The van der Waals surface area contributed by atoms with Crippen LogP contribution < -0.4 is 5.84 Å². The summed E-state index contributed by atoms with van der Waals surface area (Å²) in [5.41, 5.74) is 0. The number of ether oxygens (including phenoxy) is 1. The first-order valence-corrected chi connectivity index (χ1v) is 7.02. The van der Waals surface area contributed by atoms with Crippen molar-refractivity contribution in [3.05, 3.63) is 0 Å². The number of carbonyl (C=O) groups excluding carboxylic acids is 1. The van der Waals surface area contributed by atoms with Gasteiger partial charge in [-0.25, -0.2) is 15.6 Å². The van der Waals surface area contributed by atoms with E-state index < -0.39 is 0 Å². The van der Waals surface area contributed by atoms with Gasteiger partial charge in [0.2, 0.25) is 0 Å². The SMILES string of the molecule is NN(C(=O)OC1CCCCC1)C1CCCCC1. The van der Waals surface area contributed by atoms with Crippen molar-refractivity contribution in [2.24, 2.45) is 5.84 Å². The van der Waals surface area contributed by atoms with Gasteiger partial charge < -0.3 is 4.74 Å². The number of rotatable bonds is 2. The van der Waals surface area contributed by atoms with E-state index in [1.807, 2.05) is 0 Å². The number of nitrogens with two attached hydrogens (primary N) is 1. The fraction of sp³-hybridized carbons (Fsp3) is 0.923. The molecule has 0 spiro atoms. The van der Waals surface area contributed by atoms with E-state index in [0.29, 0.717) is 0 Å². The highest BCUT2D eigenvalue weighted by Crippen LogP contribution is 2.24. The Bertz CT molecular complexity index is 246. The highest BCUT2D eigenvalue weighted by atomic mass is 16.6. The van der Waals surface area contributed by atoms with Crippen molar-refractivity contribution in [3.8, 4) is 0 Å². The van der Waals surface area contributed by atoms with Crippen LogP contribution in [0.25, 0.3) is 0 Å². The maximum absolute atomic E-state index is 11.9. The van der Waals surface area contributed by atoms with Crippen molar-refractivity contribution in [1.29, 1.82) is 0 Å². The van der Waals surface area contributed by atoms with Crippen molar-refractivity contribution >= 4 is 6.09 Å². The summed E-state index contributed by atoms with van der Waals surface area (Å²) in [5.74, 6) is 5.87. The molecule has 0 aliphatic heterocycles. The van der Waals surface area contributed by atoms with Crippen LogP contribution >= 0.6 is 0 Å². The van der Waals surface area contributed by atoms with Crippen LogP contribution in [0.2, 0.25) is 0 Å². The number of hydrazine groups is 1. The Balaban J connectivity index is 1.77. The zero-order valence-electron chi connectivity index (χ0n) is 10.6. The predicted octanol–water partition coefficient (Wildman–Crippen LogP) is 2.96. The molecule has 0 aromatic heterocycles. The van der Waals surface area contributed by atoms with Gasteiger partial charge in [-0.05, 0) is 38.5 Å². The maximum atomic E-state index is 11.9. The van der Waals surface area contributed by atoms with E-state index in [4.69, 9.17) is 10.6 Å². The highest BCUT2D eigenvalue weighted by Gasteiger charge is 2.26. The lowest BCUT2D eigenvalue weighted by Crippen LogP contribution is -2.47. The standard InChI is InChI=1S/C13H24N2O2/c14-15(11-7-3-1-4-8-11)13(16)17-12-9-5-2-6-10-12/h11-12H,1-10,14H2. The lowest BCUT2D eigenvalue weighted by molar-refractivity contribution is 0.0307. The van der Waals surface area contributed by atoms with E-state index >= 15 is 0 Å². The molecule has 4 heteroatoms. The van der Waals surface area contributed by atoms with Gasteiger partial charge in [0.05, 0.1) is 6.04 Å². The summed E-state index contributed by atoms with van der Waals surface area (Å²) in [5, 5.41) is 1.34. The van der Waals surface area contributed by atoms with Crippen LogP contribution in [0.5, 0.6) is 0 Å². The minimum absolute atomic E-state index is 0.103. The van der Waals surface area contributed by atoms with Crippen molar-refractivity contribution in [2.45, 2.75) is 76.4 Å². The fourth-order valence-electron chi connectivity index (χ4n) is 2.89. The minimum atomic E-state index is -0.316. The van der Waals surface area contributed by atoms with Gasteiger partial charge in [-0.15, -0.1) is 0 Å². The number of carbonyl (C=O) groups is 1. The predicted molar refractivity (Wildman–Crippen MR) is 66.3 cm³/mol. The zero-order valence-corrected chi connectivity index (χ0v) is 10.6. The molecule has 0 atom stereocenters. The first kappa shape index (κ1) is 12.7. The number of nitrogens with zero attached hydrogens (tertiary/aromatic N) is 1. The molecule has 2 aliphatic rings. The molecule has 0 aromatic rings. The quantitative estimate of drug-likeness (QED) is 0.458. The largest absolute Gasteiger partial charge is 0.445 e. The third-order valence-electron chi connectivity index (χ3n) is 4.00. The molecule has 0 bridgehead atoms. The van der Waals surface area contributed by atoms with E-state index in [2.05, 4.69) is 0 Å². The van der Waals surface area contributed by atoms with Crippen LogP contribution in [0, 0.1) is 0 Å². The van der Waals surface area contributed by atoms with Crippen LogP contribution in [-0.4, -0.2) is 23.2 Å². The van der Waals surface area contributed by atoms with Gasteiger partial charge in [-0.2, -0.15) is 0 Å². The lowest BCUT2D eigenvalue weighted by atomic mass is 9.95. The van der Waals surface area contributed by atoms with Gasteiger partial charge in [0.15, 0.2) is 0 Å². The molecule has 2 N–H and O–H groups in total. The second-order valence-corrected chi connectivity index (χ2v) is 5.34. The second kappa shape index (κ2) is 6.24. The molecule has 2 aliphatic carbocycles. The summed E-state index contributed by atoms with van der Waals surface area (Å²) in [6.07, 6.45) is 11.1. The van der Waals surface area contributed by atoms with Crippen LogP contribution in [0.4, 0.5) is 4.79 Å². The number of hydrogen-bond acceptors (Lipinski definition) is 3. The van der Waals surface area contributed by atoms with E-state index in [1.165, 1.54) is 43.5 Å². The summed E-state index contributed by atoms with van der Waals surface area (Å²) < 4.78 is 5.47. The topological polar surface area (TPSA) is 55.6 Å². The molecular weight excluding hydrogens is 216 g/mol. The average Bonchev–Trinajstić information content (AvgIpc) is 2.40. The van der Waals surface area contributed by atoms with Gasteiger partial charge in [0.1, 0.15) is 6.10 Å². The molecule has 17 heavy (non-hydrogen) atoms. The Morgan fingerprint density at radius 2 is 1.47 bits per heavy atom. The second-order valence-electron chi connectivity index (χ2n) is 5.34. The van der Waals surface area contributed by atoms with Crippen molar-refractivity contribution in [2.75, 3.05) is 0 Å². The molecule has 0 radical (unpaired) electrons.